The Kier molecular flexibility index (Phi) is 11.0. The number of hydrogen-bond acceptors (Lipinski definition) is 4. The van der Waals surface area contributed by atoms with E-state index in [2.05, 4.69) is 24.5 Å². The molecule has 4 nitrogen and oxygen atoms in total. The Morgan fingerprint density at radius 2 is 1.70 bits per heavy atom. The van der Waals surface area contributed by atoms with Crippen LogP contribution in [-0.2, 0) is 16.2 Å². The molecule has 7 heteroatoms. The monoisotopic (exact) mass is 510 g/mol. The second-order valence-corrected chi connectivity index (χ2v) is 10.8. The zero-order chi connectivity index (χ0) is 23.6. The fourth-order valence-corrected chi connectivity index (χ4v) is 5.87. The summed E-state index contributed by atoms with van der Waals surface area (Å²) in [5.41, 5.74) is 1.06. The minimum absolute atomic E-state index is 0.296. The minimum Gasteiger partial charge on any atom is -0.496 e. The SMILES string of the molecule is Cc1nc(C(C)C)c(Sc2cc(Cl)cc(Cl)c2)n1COCCOC1=CCCCCCCCC1. The Balaban J connectivity index is 1.59. The van der Waals surface area contributed by atoms with Crippen LogP contribution in [0.25, 0.3) is 0 Å². The summed E-state index contributed by atoms with van der Waals surface area (Å²) in [4.78, 5) is 5.80. The maximum Gasteiger partial charge on any atom is 0.125 e. The van der Waals surface area contributed by atoms with E-state index in [1.807, 2.05) is 19.1 Å². The summed E-state index contributed by atoms with van der Waals surface area (Å²) in [5.74, 6) is 2.37. The Morgan fingerprint density at radius 3 is 2.42 bits per heavy atom. The van der Waals surface area contributed by atoms with Crippen LogP contribution in [0.15, 0.2) is 40.0 Å². The third-order valence-corrected chi connectivity index (χ3v) is 7.25. The van der Waals surface area contributed by atoms with Crippen molar-refractivity contribution in [2.75, 3.05) is 13.2 Å². The number of aromatic nitrogens is 2. The first kappa shape index (κ1) is 26.5. The molecule has 0 saturated carbocycles. The van der Waals surface area contributed by atoms with Crippen LogP contribution < -0.4 is 0 Å². The van der Waals surface area contributed by atoms with E-state index in [4.69, 9.17) is 37.7 Å². The van der Waals surface area contributed by atoms with E-state index >= 15 is 0 Å². The second-order valence-electron chi connectivity index (χ2n) is 8.86. The van der Waals surface area contributed by atoms with Crippen molar-refractivity contribution in [1.29, 1.82) is 0 Å². The van der Waals surface area contributed by atoms with Crippen LogP contribution in [0, 0.1) is 6.92 Å². The highest BCUT2D eigenvalue weighted by molar-refractivity contribution is 7.99. The molecule has 1 aromatic carbocycles. The molecule has 0 saturated heterocycles. The van der Waals surface area contributed by atoms with E-state index in [1.165, 1.54) is 38.5 Å². The van der Waals surface area contributed by atoms with Gasteiger partial charge in [0.25, 0.3) is 0 Å². The molecule has 0 bridgehead atoms. The highest BCUT2D eigenvalue weighted by atomic mass is 35.5. The zero-order valence-corrected chi connectivity index (χ0v) is 22.4. The first-order valence-electron chi connectivity index (χ1n) is 12.0. The van der Waals surface area contributed by atoms with Crippen molar-refractivity contribution < 1.29 is 9.47 Å². The lowest BCUT2D eigenvalue weighted by Gasteiger charge is -2.15. The average Bonchev–Trinajstić information content (AvgIpc) is 3.07. The molecule has 0 radical (unpaired) electrons. The number of imidazole rings is 1. The van der Waals surface area contributed by atoms with Crippen LogP contribution in [0.4, 0.5) is 0 Å². The van der Waals surface area contributed by atoms with Gasteiger partial charge in [0.05, 0.1) is 18.1 Å². The smallest absolute Gasteiger partial charge is 0.125 e. The van der Waals surface area contributed by atoms with E-state index in [0.29, 0.717) is 35.9 Å². The van der Waals surface area contributed by atoms with Gasteiger partial charge in [-0.2, -0.15) is 0 Å². The van der Waals surface area contributed by atoms with Gasteiger partial charge in [-0.05, 0) is 56.4 Å². The van der Waals surface area contributed by atoms with Gasteiger partial charge in [-0.25, -0.2) is 4.98 Å². The van der Waals surface area contributed by atoms with Gasteiger partial charge in [0.2, 0.25) is 0 Å². The summed E-state index contributed by atoms with van der Waals surface area (Å²) in [5, 5.41) is 2.32. The van der Waals surface area contributed by atoms with Gasteiger partial charge in [-0.15, -0.1) is 0 Å². The Hall–Kier alpha value is -1.14. The van der Waals surface area contributed by atoms with Crippen molar-refractivity contribution >= 4 is 35.0 Å². The van der Waals surface area contributed by atoms with Gasteiger partial charge in [-0.1, -0.05) is 74.5 Å². The number of ether oxygens (including phenoxy) is 2. The maximum atomic E-state index is 6.22. The normalized spacial score (nSPS) is 15.5. The lowest BCUT2D eigenvalue weighted by molar-refractivity contribution is 0.0315. The van der Waals surface area contributed by atoms with Crippen LogP contribution in [0.5, 0.6) is 0 Å². The number of aryl methyl sites for hydroxylation is 1. The summed E-state index contributed by atoms with van der Waals surface area (Å²) < 4.78 is 14.2. The predicted octanol–water partition coefficient (Wildman–Crippen LogP) is 8.78. The van der Waals surface area contributed by atoms with Gasteiger partial charge in [0, 0.05) is 21.4 Å². The second kappa shape index (κ2) is 13.7. The van der Waals surface area contributed by atoms with Crippen molar-refractivity contribution in [3.63, 3.8) is 0 Å². The van der Waals surface area contributed by atoms with Gasteiger partial charge in [0.1, 0.15) is 24.2 Å². The number of allylic oxidation sites excluding steroid dienone is 2. The highest BCUT2D eigenvalue weighted by Crippen LogP contribution is 2.37. The van der Waals surface area contributed by atoms with Crippen LogP contribution in [0.3, 0.4) is 0 Å². The molecular formula is C26H36Cl2N2O2S. The number of benzene rings is 1. The first-order chi connectivity index (χ1) is 15.9. The molecule has 1 aliphatic carbocycles. The fraction of sp³-hybridized carbons (Fsp3) is 0.577. The van der Waals surface area contributed by atoms with Gasteiger partial charge in [0.15, 0.2) is 0 Å². The summed E-state index contributed by atoms with van der Waals surface area (Å²) in [6, 6.07) is 5.60. The lowest BCUT2D eigenvalue weighted by atomic mass is 10.0. The molecule has 0 spiro atoms. The highest BCUT2D eigenvalue weighted by Gasteiger charge is 2.19. The van der Waals surface area contributed by atoms with E-state index in [1.54, 1.807) is 17.8 Å². The zero-order valence-electron chi connectivity index (χ0n) is 20.0. The maximum absolute atomic E-state index is 6.22. The molecule has 3 rings (SSSR count). The fourth-order valence-electron chi connectivity index (χ4n) is 3.94. The van der Waals surface area contributed by atoms with Crippen molar-refractivity contribution in [2.45, 2.75) is 94.7 Å². The van der Waals surface area contributed by atoms with Gasteiger partial charge >= 0.3 is 0 Å². The molecule has 0 N–H and O–H groups in total. The summed E-state index contributed by atoms with van der Waals surface area (Å²) >= 11 is 14.1. The van der Waals surface area contributed by atoms with Crippen LogP contribution in [0.1, 0.15) is 82.7 Å². The van der Waals surface area contributed by atoms with E-state index in [-0.39, 0.29) is 0 Å². The minimum atomic E-state index is 0.296. The number of halogens is 2. The van der Waals surface area contributed by atoms with Gasteiger partial charge < -0.3 is 9.47 Å². The Labute approximate surface area is 213 Å². The molecule has 182 valence electrons. The molecule has 0 unspecified atom stereocenters. The van der Waals surface area contributed by atoms with Crippen LogP contribution in [-0.4, -0.2) is 22.8 Å². The molecule has 0 fully saturated rings. The number of hydrogen-bond donors (Lipinski definition) is 0. The van der Waals surface area contributed by atoms with Crippen LogP contribution in [0.2, 0.25) is 10.0 Å². The molecular weight excluding hydrogens is 475 g/mol. The Morgan fingerprint density at radius 1 is 1.00 bits per heavy atom. The third-order valence-electron chi connectivity index (χ3n) is 5.72. The number of nitrogens with zero attached hydrogens (tertiary/aromatic N) is 2. The summed E-state index contributed by atoms with van der Waals surface area (Å²) in [6.45, 7) is 7.88. The van der Waals surface area contributed by atoms with Crippen molar-refractivity contribution in [3.05, 3.63) is 51.6 Å². The van der Waals surface area contributed by atoms with E-state index in [0.717, 1.165) is 40.0 Å². The molecule has 1 heterocycles. The van der Waals surface area contributed by atoms with Gasteiger partial charge in [-0.3, -0.25) is 4.57 Å². The first-order valence-corrected chi connectivity index (χ1v) is 13.6. The van der Waals surface area contributed by atoms with Crippen molar-refractivity contribution in [3.8, 4) is 0 Å². The third kappa shape index (κ3) is 8.54. The molecule has 33 heavy (non-hydrogen) atoms. The largest absolute Gasteiger partial charge is 0.496 e. The van der Waals surface area contributed by atoms with Crippen molar-refractivity contribution in [2.24, 2.45) is 0 Å². The van der Waals surface area contributed by atoms with E-state index in [9.17, 15) is 0 Å². The predicted molar refractivity (Wildman–Crippen MR) is 139 cm³/mol. The van der Waals surface area contributed by atoms with Crippen molar-refractivity contribution in [1.82, 2.24) is 9.55 Å². The lowest BCUT2D eigenvalue weighted by Crippen LogP contribution is -2.10. The topological polar surface area (TPSA) is 36.3 Å². The standard InChI is InChI=1S/C26H36Cl2N2O2S/c1-19(2)25-26(33-24-16-21(27)15-22(28)17-24)30(20(3)29-25)18-31-13-14-32-23-11-9-7-5-4-6-8-10-12-23/h11,15-17,19H,4-10,12-14,18H2,1-3H3. The number of rotatable bonds is 9. The van der Waals surface area contributed by atoms with E-state index < -0.39 is 0 Å². The quantitative estimate of drug-likeness (QED) is 0.315. The summed E-state index contributed by atoms with van der Waals surface area (Å²) in [7, 11) is 0. The molecule has 1 aromatic heterocycles. The molecule has 0 atom stereocenters. The Bertz CT molecular complexity index is 907. The van der Waals surface area contributed by atoms with Crippen LogP contribution >= 0.6 is 35.0 Å². The summed E-state index contributed by atoms with van der Waals surface area (Å²) in [6.07, 6.45) is 12.3. The molecule has 1 aliphatic rings. The molecule has 0 amide bonds. The molecule has 2 aromatic rings. The molecule has 0 aliphatic heterocycles. The average molecular weight is 512 g/mol.